The highest BCUT2D eigenvalue weighted by atomic mass is 31.1. The summed E-state index contributed by atoms with van der Waals surface area (Å²) in [6.07, 6.45) is 0. The monoisotopic (exact) mass is 1050 g/mol. The van der Waals surface area contributed by atoms with Crippen molar-refractivity contribution in [2.24, 2.45) is 0 Å². The third kappa shape index (κ3) is 9.83. The molecule has 0 fully saturated rings. The third-order valence-electron chi connectivity index (χ3n) is 14.4. The maximum Gasteiger partial charge on any atom is 0.00288 e. The normalized spacial score (nSPS) is 11.6. The van der Waals surface area contributed by atoms with Gasteiger partial charge in [-0.2, -0.15) is 0 Å². The van der Waals surface area contributed by atoms with Crippen molar-refractivity contribution in [3.63, 3.8) is 0 Å². The molecule has 0 aromatic heterocycles. The van der Waals surface area contributed by atoms with E-state index in [4.69, 9.17) is 0 Å². The van der Waals surface area contributed by atoms with Crippen LogP contribution in [0, 0.1) is 27.7 Å². The first kappa shape index (κ1) is 49.7. The van der Waals surface area contributed by atoms with Gasteiger partial charge in [-0.1, -0.05) is 301 Å². The Balaban J connectivity index is 1.39. The van der Waals surface area contributed by atoms with Gasteiger partial charge in [0.1, 0.15) is 0 Å². The van der Waals surface area contributed by atoms with Crippen molar-refractivity contribution >= 4 is 117 Å². The summed E-state index contributed by atoms with van der Waals surface area (Å²) < 4.78 is 0. The zero-order valence-electron chi connectivity index (χ0n) is 43.3. The Morgan fingerprint density at radius 1 is 0.197 bits per heavy atom. The Morgan fingerprint density at radius 2 is 0.500 bits per heavy atom. The van der Waals surface area contributed by atoms with E-state index < -0.39 is 31.7 Å². The number of aryl methyl sites for hydroxylation is 4. The van der Waals surface area contributed by atoms with Crippen LogP contribution in [0.25, 0.3) is 32.7 Å². The van der Waals surface area contributed by atoms with E-state index in [1.807, 2.05) is 0 Å². The van der Waals surface area contributed by atoms with Crippen LogP contribution in [0.5, 0.6) is 0 Å². The molecule has 12 rings (SSSR count). The molecule has 12 aromatic carbocycles. The van der Waals surface area contributed by atoms with Crippen LogP contribution in [-0.2, 0) is 0 Å². The van der Waals surface area contributed by atoms with E-state index >= 15 is 0 Å². The van der Waals surface area contributed by atoms with Crippen LogP contribution in [0.2, 0.25) is 0 Å². The highest BCUT2D eigenvalue weighted by Crippen LogP contribution is 2.50. The van der Waals surface area contributed by atoms with Crippen LogP contribution in [0.3, 0.4) is 0 Å². The van der Waals surface area contributed by atoms with Crippen molar-refractivity contribution in [3.05, 3.63) is 301 Å². The van der Waals surface area contributed by atoms with Crippen molar-refractivity contribution in [2.75, 3.05) is 0 Å². The zero-order valence-corrected chi connectivity index (χ0v) is 46.9. The van der Waals surface area contributed by atoms with Gasteiger partial charge in [-0.3, -0.25) is 0 Å². The van der Waals surface area contributed by atoms with Gasteiger partial charge in [0.2, 0.25) is 0 Å². The summed E-state index contributed by atoms with van der Waals surface area (Å²) in [5, 5.41) is 21.6. The Morgan fingerprint density at radius 3 is 0.908 bits per heavy atom. The molecule has 0 unspecified atom stereocenters. The number of rotatable bonds is 13. The predicted molar refractivity (Wildman–Crippen MR) is 341 cm³/mol. The van der Waals surface area contributed by atoms with Crippen molar-refractivity contribution in [3.8, 4) is 11.1 Å². The first-order valence-corrected chi connectivity index (χ1v) is 31.5. The predicted octanol–water partition coefficient (Wildman–Crippen LogP) is 13.9. The second kappa shape index (κ2) is 22.2. The molecule has 0 aliphatic carbocycles. The van der Waals surface area contributed by atoms with Gasteiger partial charge in [0, 0.05) is 15.9 Å². The topological polar surface area (TPSA) is 0 Å². The quantitative estimate of drug-likeness (QED) is 0.101. The summed E-state index contributed by atoms with van der Waals surface area (Å²) in [6.45, 7) is 8.88. The maximum atomic E-state index is 2.50. The average molecular weight is 1050 g/mol. The molecule has 12 aromatic rings. The van der Waals surface area contributed by atoms with Gasteiger partial charge >= 0.3 is 0 Å². The van der Waals surface area contributed by atoms with Crippen molar-refractivity contribution in [2.45, 2.75) is 27.7 Å². The fourth-order valence-electron chi connectivity index (χ4n) is 10.7. The summed E-state index contributed by atoms with van der Waals surface area (Å²) in [4.78, 5) is 0. The van der Waals surface area contributed by atoms with Gasteiger partial charge < -0.3 is 0 Å². The lowest BCUT2D eigenvalue weighted by Gasteiger charge is -2.36. The largest absolute Gasteiger partial charge is 0.0622 e. The Hall–Kier alpha value is -7.12. The Labute approximate surface area is 454 Å². The minimum atomic E-state index is -1.26. The molecule has 76 heavy (non-hydrogen) atoms. The van der Waals surface area contributed by atoms with Crippen LogP contribution in [0.1, 0.15) is 22.3 Å². The van der Waals surface area contributed by atoms with Crippen LogP contribution in [0.4, 0.5) is 0 Å². The summed E-state index contributed by atoms with van der Waals surface area (Å²) in [5.74, 6) is 0. The fourth-order valence-corrected chi connectivity index (χ4v) is 21.9. The second-order valence-corrected chi connectivity index (χ2v) is 28.3. The van der Waals surface area contributed by atoms with E-state index in [1.165, 1.54) is 119 Å². The lowest BCUT2D eigenvalue weighted by molar-refractivity contribution is 1.49. The lowest BCUT2D eigenvalue weighted by Crippen LogP contribution is -2.45. The molecule has 0 aliphatic rings. The zero-order chi connectivity index (χ0) is 51.5. The average Bonchev–Trinajstić information content (AvgIpc) is 3.52. The van der Waals surface area contributed by atoms with Crippen molar-refractivity contribution < 1.29 is 0 Å². The molecule has 366 valence electrons. The molecule has 0 nitrogen and oxygen atoms in total. The molecule has 0 radical (unpaired) electrons. The number of hydrogen-bond acceptors (Lipinski definition) is 0. The highest BCUT2D eigenvalue weighted by Gasteiger charge is 2.38. The van der Waals surface area contributed by atoms with E-state index in [-0.39, 0.29) is 0 Å². The maximum absolute atomic E-state index is 2.50. The molecular weight excluding hydrogens is 989 g/mol. The number of benzene rings is 12. The molecule has 0 heterocycles. The van der Waals surface area contributed by atoms with Crippen LogP contribution >= 0.6 is 31.7 Å². The summed E-state index contributed by atoms with van der Waals surface area (Å²) in [6, 6.07) is 108. The van der Waals surface area contributed by atoms with E-state index in [0.717, 1.165) is 0 Å². The van der Waals surface area contributed by atoms with E-state index in [2.05, 4.69) is 307 Å². The van der Waals surface area contributed by atoms with Gasteiger partial charge in [-0.15, -0.1) is 0 Å². The molecule has 0 amide bonds. The van der Waals surface area contributed by atoms with E-state index in [1.54, 1.807) is 0 Å². The third-order valence-corrected chi connectivity index (χ3v) is 24.9. The minimum Gasteiger partial charge on any atom is -0.0622 e. The number of hydrogen-bond donors (Lipinski definition) is 0. The Bertz CT molecular complexity index is 3770. The summed E-state index contributed by atoms with van der Waals surface area (Å²) in [5.41, 5.74) is 7.71. The fraction of sp³-hybridized carbons (Fsp3) is 0.0556. The van der Waals surface area contributed by atoms with E-state index in [0.29, 0.717) is 0 Å². The van der Waals surface area contributed by atoms with Gasteiger partial charge in [0.25, 0.3) is 0 Å². The molecule has 0 bridgehead atoms. The number of fused-ring (bicyclic) bond motifs is 2. The standard InChI is InChI=1S/C72H58P4/c1-51-33-42-60(43-34-51)74(61-44-35-52(2)36-45-61)70-66-32-20-19-31-65(66)69(68-64-30-18-17-21-55(64)41-50-67(68)73(56-22-9-5-10-23-56)57-24-11-6-12-25-57)71(75(58-26-13-7-14-27-58)59-28-15-8-16-29-59)72(70)76(62-46-37-53(3)38-47-62)63-48-39-54(4)40-49-63/h5-50H,1-4H3. The van der Waals surface area contributed by atoms with Crippen LogP contribution in [0.15, 0.2) is 279 Å². The molecule has 0 spiro atoms. The second-order valence-electron chi connectivity index (χ2n) is 19.7. The molecule has 0 N–H and O–H groups in total. The van der Waals surface area contributed by atoms with Crippen LogP contribution in [-0.4, -0.2) is 0 Å². The van der Waals surface area contributed by atoms with Gasteiger partial charge in [0.15, 0.2) is 0 Å². The summed E-state index contributed by atoms with van der Waals surface area (Å²) >= 11 is 0. The van der Waals surface area contributed by atoms with Crippen molar-refractivity contribution in [1.82, 2.24) is 0 Å². The van der Waals surface area contributed by atoms with Gasteiger partial charge in [-0.05, 0) is 140 Å². The van der Waals surface area contributed by atoms with Crippen LogP contribution < -0.4 is 63.7 Å². The first-order chi connectivity index (χ1) is 37.4. The molecule has 0 aliphatic heterocycles. The van der Waals surface area contributed by atoms with Gasteiger partial charge in [-0.25, -0.2) is 0 Å². The smallest absolute Gasteiger partial charge is 0.00288 e. The summed E-state index contributed by atoms with van der Waals surface area (Å²) in [7, 11) is -4.74. The molecule has 0 atom stereocenters. The lowest BCUT2D eigenvalue weighted by atomic mass is 9.93. The van der Waals surface area contributed by atoms with Crippen molar-refractivity contribution in [1.29, 1.82) is 0 Å². The molecule has 4 heteroatoms. The molecule has 0 saturated carbocycles. The Kier molecular flexibility index (Phi) is 14.5. The van der Waals surface area contributed by atoms with Gasteiger partial charge in [0.05, 0.1) is 0 Å². The minimum absolute atomic E-state index is 1.06. The molecular formula is C72H58P4. The first-order valence-electron chi connectivity index (χ1n) is 26.2. The SMILES string of the molecule is Cc1ccc(P(c2ccc(C)cc2)c2c(P(c3ccccc3)c3ccccc3)c(-c3c(P(c4ccccc4)c4ccccc4)ccc4ccccc34)c3ccccc3c2P(c2ccc(C)cc2)c2ccc(C)cc2)cc1. The highest BCUT2D eigenvalue weighted by molar-refractivity contribution is 7.89. The van der Waals surface area contributed by atoms with E-state index in [9.17, 15) is 0 Å². The molecule has 0 saturated heterocycles.